The van der Waals surface area contributed by atoms with E-state index in [1.165, 1.54) is 0 Å². The second kappa shape index (κ2) is 7.25. The zero-order valence-electron chi connectivity index (χ0n) is 11.8. The summed E-state index contributed by atoms with van der Waals surface area (Å²) in [5.41, 5.74) is 3.00. The van der Waals surface area contributed by atoms with Crippen LogP contribution in [0, 0.1) is 0 Å². The van der Waals surface area contributed by atoms with Crippen LogP contribution in [-0.2, 0) is 17.9 Å². The van der Waals surface area contributed by atoms with Crippen LogP contribution in [0.25, 0.3) is 0 Å². The summed E-state index contributed by atoms with van der Waals surface area (Å²) in [5.74, 6) is -1.28. The van der Waals surface area contributed by atoms with Gasteiger partial charge in [0.25, 0.3) is 0 Å². The minimum atomic E-state index is -0.806. The van der Waals surface area contributed by atoms with Crippen LogP contribution in [0.1, 0.15) is 29.5 Å². The van der Waals surface area contributed by atoms with Gasteiger partial charge in [0.15, 0.2) is 0 Å². The van der Waals surface area contributed by atoms with Gasteiger partial charge in [-0.15, -0.1) is 0 Å². The molecule has 4 heteroatoms. The Bertz CT molecular complexity index is 610. The molecule has 110 valence electrons. The topological polar surface area (TPSA) is 49.3 Å². The van der Waals surface area contributed by atoms with E-state index in [0.717, 1.165) is 21.7 Å². The Morgan fingerprint density at radius 2 is 1.81 bits per heavy atom. The van der Waals surface area contributed by atoms with Crippen LogP contribution in [0.3, 0.4) is 0 Å². The summed E-state index contributed by atoms with van der Waals surface area (Å²) in [6.07, 6.45) is 0. The van der Waals surface area contributed by atoms with Crippen molar-refractivity contribution in [2.24, 2.45) is 0 Å². The first kappa shape index (κ1) is 15.5. The normalized spacial score (nSPS) is 12.1. The van der Waals surface area contributed by atoms with Gasteiger partial charge in [0.1, 0.15) is 0 Å². The molecule has 2 rings (SSSR count). The average molecular weight is 304 g/mol. The van der Waals surface area contributed by atoms with Gasteiger partial charge >= 0.3 is 5.97 Å². The van der Waals surface area contributed by atoms with E-state index in [1.54, 1.807) is 6.92 Å². The molecule has 1 unspecified atom stereocenters. The Morgan fingerprint density at radius 3 is 2.43 bits per heavy atom. The molecule has 0 aliphatic heterocycles. The van der Waals surface area contributed by atoms with E-state index in [0.29, 0.717) is 13.1 Å². The third-order valence-electron chi connectivity index (χ3n) is 3.45. The van der Waals surface area contributed by atoms with Crippen molar-refractivity contribution in [3.8, 4) is 0 Å². The molecule has 0 amide bonds. The molecule has 2 aromatic rings. The van der Waals surface area contributed by atoms with Crippen LogP contribution in [0.4, 0.5) is 0 Å². The van der Waals surface area contributed by atoms with Gasteiger partial charge in [-0.1, -0.05) is 54.1 Å². The van der Waals surface area contributed by atoms with E-state index >= 15 is 0 Å². The van der Waals surface area contributed by atoms with E-state index in [2.05, 4.69) is 5.32 Å². The fraction of sp³-hybridized carbons (Fsp3) is 0.235. The van der Waals surface area contributed by atoms with Crippen LogP contribution in [0.15, 0.2) is 48.5 Å². The first-order valence-electron chi connectivity index (χ1n) is 6.83. The Kier molecular flexibility index (Phi) is 5.37. The number of benzene rings is 2. The molecular weight excluding hydrogens is 286 g/mol. The molecule has 0 saturated carbocycles. The maximum absolute atomic E-state index is 10.9. The summed E-state index contributed by atoms with van der Waals surface area (Å²) >= 11 is 6.10. The Balaban J connectivity index is 1.90. The predicted octanol–water partition coefficient (Wildman–Crippen LogP) is 3.82. The second-order valence-corrected chi connectivity index (χ2v) is 5.40. The van der Waals surface area contributed by atoms with Gasteiger partial charge in [-0.25, -0.2) is 0 Å². The van der Waals surface area contributed by atoms with Crippen LogP contribution < -0.4 is 5.32 Å². The molecule has 0 fully saturated rings. The van der Waals surface area contributed by atoms with Crippen LogP contribution in [0.2, 0.25) is 5.02 Å². The SMILES string of the molecule is CC(C(=O)O)c1ccc(CNCc2ccccc2Cl)cc1. The van der Waals surface area contributed by atoms with Crippen LogP contribution in [0.5, 0.6) is 0 Å². The zero-order valence-corrected chi connectivity index (χ0v) is 12.6. The number of halogens is 1. The molecule has 0 spiro atoms. The lowest BCUT2D eigenvalue weighted by Crippen LogP contribution is -2.13. The third-order valence-corrected chi connectivity index (χ3v) is 3.82. The van der Waals surface area contributed by atoms with Gasteiger partial charge in [0, 0.05) is 18.1 Å². The van der Waals surface area contributed by atoms with Gasteiger partial charge in [-0.2, -0.15) is 0 Å². The fourth-order valence-electron chi connectivity index (χ4n) is 2.05. The lowest BCUT2D eigenvalue weighted by Gasteiger charge is -2.09. The molecule has 21 heavy (non-hydrogen) atoms. The van der Waals surface area contributed by atoms with E-state index in [-0.39, 0.29) is 0 Å². The van der Waals surface area contributed by atoms with Crippen molar-refractivity contribution >= 4 is 17.6 Å². The highest BCUT2D eigenvalue weighted by Crippen LogP contribution is 2.17. The Hall–Kier alpha value is -1.84. The lowest BCUT2D eigenvalue weighted by molar-refractivity contribution is -0.138. The van der Waals surface area contributed by atoms with E-state index in [4.69, 9.17) is 16.7 Å². The third kappa shape index (κ3) is 4.31. The summed E-state index contributed by atoms with van der Waals surface area (Å²) in [6, 6.07) is 15.4. The van der Waals surface area contributed by atoms with Crippen LogP contribution in [-0.4, -0.2) is 11.1 Å². The fourth-order valence-corrected chi connectivity index (χ4v) is 2.25. The Morgan fingerprint density at radius 1 is 1.14 bits per heavy atom. The standard InChI is InChI=1S/C17H18ClNO2/c1-12(17(20)21)14-8-6-13(7-9-14)10-19-11-15-4-2-3-5-16(15)18/h2-9,12,19H,10-11H2,1H3,(H,20,21). The highest BCUT2D eigenvalue weighted by Gasteiger charge is 2.12. The van der Waals surface area contributed by atoms with Crippen molar-refractivity contribution in [1.82, 2.24) is 5.32 Å². The molecule has 0 heterocycles. The molecule has 0 saturated heterocycles. The summed E-state index contributed by atoms with van der Waals surface area (Å²) in [6.45, 7) is 3.10. The van der Waals surface area contributed by atoms with Crippen LogP contribution >= 0.6 is 11.6 Å². The highest BCUT2D eigenvalue weighted by molar-refractivity contribution is 6.31. The lowest BCUT2D eigenvalue weighted by atomic mass is 10.00. The van der Waals surface area contributed by atoms with Crippen molar-refractivity contribution in [1.29, 1.82) is 0 Å². The quantitative estimate of drug-likeness (QED) is 0.853. The molecule has 2 N–H and O–H groups in total. The van der Waals surface area contributed by atoms with E-state index in [9.17, 15) is 4.79 Å². The molecular formula is C17H18ClNO2. The number of carbonyl (C=O) groups is 1. The maximum Gasteiger partial charge on any atom is 0.310 e. The molecule has 2 aromatic carbocycles. The predicted molar refractivity (Wildman–Crippen MR) is 84.5 cm³/mol. The van der Waals surface area contributed by atoms with E-state index in [1.807, 2.05) is 48.5 Å². The maximum atomic E-state index is 10.9. The number of rotatable bonds is 6. The molecule has 0 radical (unpaired) electrons. The summed E-state index contributed by atoms with van der Waals surface area (Å²) in [7, 11) is 0. The van der Waals surface area contributed by atoms with Crippen molar-refractivity contribution in [3.63, 3.8) is 0 Å². The second-order valence-electron chi connectivity index (χ2n) is 5.00. The van der Waals surface area contributed by atoms with Gasteiger partial charge < -0.3 is 10.4 Å². The van der Waals surface area contributed by atoms with Gasteiger partial charge in [0.05, 0.1) is 5.92 Å². The smallest absolute Gasteiger partial charge is 0.310 e. The van der Waals surface area contributed by atoms with Gasteiger partial charge in [0.2, 0.25) is 0 Å². The van der Waals surface area contributed by atoms with Gasteiger partial charge in [-0.05, 0) is 29.7 Å². The first-order valence-corrected chi connectivity index (χ1v) is 7.21. The first-order chi connectivity index (χ1) is 10.1. The number of hydrogen-bond donors (Lipinski definition) is 2. The largest absolute Gasteiger partial charge is 0.481 e. The number of carboxylic acids is 1. The minimum absolute atomic E-state index is 0.477. The van der Waals surface area contributed by atoms with Crippen molar-refractivity contribution in [2.75, 3.05) is 0 Å². The van der Waals surface area contributed by atoms with Gasteiger partial charge in [-0.3, -0.25) is 4.79 Å². The summed E-state index contributed by atoms with van der Waals surface area (Å²) < 4.78 is 0. The van der Waals surface area contributed by atoms with Crippen molar-refractivity contribution < 1.29 is 9.90 Å². The molecule has 0 aliphatic carbocycles. The number of aliphatic carboxylic acids is 1. The number of hydrogen-bond acceptors (Lipinski definition) is 2. The molecule has 3 nitrogen and oxygen atoms in total. The molecule has 1 atom stereocenters. The highest BCUT2D eigenvalue weighted by atomic mass is 35.5. The number of nitrogens with one attached hydrogen (secondary N) is 1. The zero-order chi connectivity index (χ0) is 15.2. The van der Waals surface area contributed by atoms with Crippen molar-refractivity contribution in [2.45, 2.75) is 25.9 Å². The minimum Gasteiger partial charge on any atom is -0.481 e. The van der Waals surface area contributed by atoms with E-state index < -0.39 is 11.9 Å². The summed E-state index contributed by atoms with van der Waals surface area (Å²) in [4.78, 5) is 10.9. The molecule has 0 aromatic heterocycles. The monoisotopic (exact) mass is 303 g/mol. The van der Waals surface area contributed by atoms with Crippen molar-refractivity contribution in [3.05, 3.63) is 70.2 Å². The molecule has 0 bridgehead atoms. The summed E-state index contributed by atoms with van der Waals surface area (Å²) in [5, 5.41) is 13.1. The average Bonchev–Trinajstić information content (AvgIpc) is 2.49. The molecule has 0 aliphatic rings. The number of carboxylic acid groups (broad SMARTS) is 1. The Labute approximate surface area is 129 Å².